The Bertz CT molecular complexity index is 1120. The minimum atomic E-state index is -0.315. The fraction of sp³-hybridized carbons (Fsp3) is 0.263. The largest absolute Gasteiger partial charge is 0.382 e. The van der Waals surface area contributed by atoms with E-state index in [0.29, 0.717) is 16.2 Å². The first-order valence-electron chi connectivity index (χ1n) is 8.46. The van der Waals surface area contributed by atoms with E-state index in [0.717, 1.165) is 11.1 Å². The predicted molar refractivity (Wildman–Crippen MR) is 107 cm³/mol. The fourth-order valence-corrected chi connectivity index (χ4v) is 3.38. The Morgan fingerprint density at radius 1 is 1.30 bits per heavy atom. The van der Waals surface area contributed by atoms with E-state index in [1.54, 1.807) is 10.6 Å². The van der Waals surface area contributed by atoms with Gasteiger partial charge in [-0.15, -0.1) is 0 Å². The molecule has 8 heteroatoms. The summed E-state index contributed by atoms with van der Waals surface area (Å²) in [5.41, 5.74) is 6.53. The number of nitrogens with two attached hydrogens (primary N) is 1. The average molecular weight is 383 g/mol. The Balaban J connectivity index is 2.17. The van der Waals surface area contributed by atoms with E-state index >= 15 is 0 Å². The van der Waals surface area contributed by atoms with E-state index in [-0.39, 0.29) is 29.0 Å². The molecule has 0 radical (unpaired) electrons. The number of hydrogen-bond donors (Lipinski definition) is 2. The van der Waals surface area contributed by atoms with Crippen molar-refractivity contribution in [1.29, 1.82) is 5.26 Å². The summed E-state index contributed by atoms with van der Waals surface area (Å²) in [7, 11) is 0. The van der Waals surface area contributed by atoms with E-state index in [9.17, 15) is 10.1 Å². The zero-order valence-electron chi connectivity index (χ0n) is 15.2. The van der Waals surface area contributed by atoms with Gasteiger partial charge in [0.25, 0.3) is 5.56 Å². The Morgan fingerprint density at radius 2 is 2.04 bits per heavy atom. The number of fused-ring (bicyclic) bond motifs is 1. The van der Waals surface area contributed by atoms with E-state index in [1.165, 1.54) is 6.33 Å². The van der Waals surface area contributed by atoms with Crippen molar-refractivity contribution in [2.45, 2.75) is 32.9 Å². The summed E-state index contributed by atoms with van der Waals surface area (Å²) < 4.78 is 1.70. The minimum absolute atomic E-state index is 0.0803. The van der Waals surface area contributed by atoms with Crippen LogP contribution in [0.15, 0.2) is 35.4 Å². The molecule has 0 spiro atoms. The lowest BCUT2D eigenvalue weighted by molar-refractivity contribution is 0.541. The van der Waals surface area contributed by atoms with Crippen molar-refractivity contribution < 1.29 is 0 Å². The average Bonchev–Trinajstić information content (AvgIpc) is 2.61. The molecule has 3 N–H and O–H groups in total. The number of hydrogen-bond acceptors (Lipinski definition) is 6. The van der Waals surface area contributed by atoms with Crippen LogP contribution in [0.3, 0.4) is 0 Å². The lowest BCUT2D eigenvalue weighted by atomic mass is 10.1. The highest BCUT2D eigenvalue weighted by Gasteiger charge is 2.20. The van der Waals surface area contributed by atoms with Crippen LogP contribution in [0.1, 0.15) is 44.1 Å². The van der Waals surface area contributed by atoms with Crippen molar-refractivity contribution in [2.75, 3.05) is 11.1 Å². The van der Waals surface area contributed by atoms with Crippen molar-refractivity contribution in [3.63, 3.8) is 0 Å². The van der Waals surface area contributed by atoms with Crippen molar-refractivity contribution >= 4 is 34.0 Å². The van der Waals surface area contributed by atoms with Gasteiger partial charge in [-0.2, -0.15) is 5.26 Å². The Hall–Kier alpha value is -3.11. The summed E-state index contributed by atoms with van der Waals surface area (Å²) in [5.74, 6) is 0.431. The molecular weight excluding hydrogens is 364 g/mol. The molecule has 0 fully saturated rings. The predicted octanol–water partition coefficient (Wildman–Crippen LogP) is 3.65. The molecular formula is C19H19ClN6O. The van der Waals surface area contributed by atoms with Crippen LogP contribution < -0.4 is 16.6 Å². The zero-order valence-corrected chi connectivity index (χ0v) is 15.9. The number of halogens is 1. The molecule has 2 heterocycles. The number of rotatable bonds is 4. The van der Waals surface area contributed by atoms with Crippen molar-refractivity contribution in [3.05, 3.63) is 57.2 Å². The van der Waals surface area contributed by atoms with Crippen LogP contribution in [0, 0.1) is 11.3 Å². The molecule has 3 rings (SSSR count). The van der Waals surface area contributed by atoms with E-state index < -0.39 is 0 Å². The lowest BCUT2D eigenvalue weighted by Gasteiger charge is -2.24. The second kappa shape index (κ2) is 7.25. The van der Waals surface area contributed by atoms with Crippen LogP contribution in [0.5, 0.6) is 0 Å². The van der Waals surface area contributed by atoms with Gasteiger partial charge in [0.2, 0.25) is 0 Å². The molecule has 2 aromatic heterocycles. The first kappa shape index (κ1) is 18.7. The van der Waals surface area contributed by atoms with Crippen LogP contribution in [0.4, 0.5) is 11.6 Å². The van der Waals surface area contributed by atoms with Gasteiger partial charge < -0.3 is 15.6 Å². The third-order valence-corrected chi connectivity index (χ3v) is 4.68. The lowest BCUT2D eigenvalue weighted by Crippen LogP contribution is -2.28. The molecule has 0 saturated carbocycles. The molecule has 0 aliphatic carbocycles. The molecule has 138 valence electrons. The molecule has 0 amide bonds. The molecule has 7 nitrogen and oxygen atoms in total. The first-order chi connectivity index (χ1) is 12.8. The van der Waals surface area contributed by atoms with E-state index in [4.69, 9.17) is 17.3 Å². The van der Waals surface area contributed by atoms with Crippen molar-refractivity contribution in [3.8, 4) is 6.07 Å². The number of nitrogens with one attached hydrogen (secondary N) is 1. The smallest absolute Gasteiger partial charge is 0.260 e. The molecule has 1 unspecified atom stereocenters. The van der Waals surface area contributed by atoms with E-state index in [1.807, 2.05) is 45.0 Å². The molecule has 27 heavy (non-hydrogen) atoms. The highest BCUT2D eigenvalue weighted by molar-refractivity contribution is 6.35. The number of nitrogens with zero attached hydrogens (tertiary/aromatic N) is 4. The van der Waals surface area contributed by atoms with Crippen molar-refractivity contribution in [2.24, 2.45) is 0 Å². The quantitative estimate of drug-likeness (QED) is 0.712. The molecule has 0 aliphatic heterocycles. The minimum Gasteiger partial charge on any atom is -0.382 e. The van der Waals surface area contributed by atoms with Crippen LogP contribution in [0.2, 0.25) is 5.02 Å². The SMILES string of the molecule is CC(Nc1ncnc(N)c1C#N)c1cc2cccc(Cl)c2c(=O)n1C(C)C. The number of benzene rings is 1. The second-order valence-corrected chi connectivity index (χ2v) is 6.91. The highest BCUT2D eigenvalue weighted by atomic mass is 35.5. The fourth-order valence-electron chi connectivity index (χ4n) is 3.12. The van der Waals surface area contributed by atoms with Gasteiger partial charge in [0.1, 0.15) is 29.6 Å². The van der Waals surface area contributed by atoms with Gasteiger partial charge in [-0.1, -0.05) is 23.7 Å². The molecule has 1 aromatic carbocycles. The Labute approximate surface area is 161 Å². The standard InChI is InChI=1S/C19H19ClN6O/c1-10(2)26-15(7-12-5-4-6-14(20)16(12)19(26)27)11(3)25-18-13(8-21)17(22)23-9-24-18/h4-7,9-11H,1-3H3,(H3,22,23,24,25). The second-order valence-electron chi connectivity index (χ2n) is 6.50. The summed E-state index contributed by atoms with van der Waals surface area (Å²) in [6, 6.07) is 8.91. The van der Waals surface area contributed by atoms with Gasteiger partial charge in [-0.05, 0) is 38.3 Å². The summed E-state index contributed by atoms with van der Waals surface area (Å²) in [4.78, 5) is 21.0. The van der Waals surface area contributed by atoms with Crippen LogP contribution in [-0.2, 0) is 0 Å². The maximum absolute atomic E-state index is 13.1. The summed E-state index contributed by atoms with van der Waals surface area (Å²) in [5, 5.41) is 14.2. The number of aromatic nitrogens is 3. The Morgan fingerprint density at radius 3 is 2.70 bits per heavy atom. The topological polar surface area (TPSA) is 110 Å². The maximum Gasteiger partial charge on any atom is 0.260 e. The number of anilines is 2. The number of nitrogen functional groups attached to an aromatic ring is 1. The molecule has 1 atom stereocenters. The third kappa shape index (κ3) is 3.32. The van der Waals surface area contributed by atoms with Crippen LogP contribution in [-0.4, -0.2) is 14.5 Å². The first-order valence-corrected chi connectivity index (χ1v) is 8.83. The zero-order chi connectivity index (χ0) is 19.7. The normalized spacial score (nSPS) is 12.1. The summed E-state index contributed by atoms with van der Waals surface area (Å²) >= 11 is 6.26. The van der Waals surface area contributed by atoms with Crippen molar-refractivity contribution in [1.82, 2.24) is 14.5 Å². The van der Waals surface area contributed by atoms with Gasteiger partial charge >= 0.3 is 0 Å². The highest BCUT2D eigenvalue weighted by Crippen LogP contribution is 2.27. The van der Waals surface area contributed by atoms with Crippen LogP contribution >= 0.6 is 11.6 Å². The molecule has 0 saturated heterocycles. The van der Waals surface area contributed by atoms with Gasteiger partial charge in [-0.3, -0.25) is 4.79 Å². The number of nitriles is 1. The van der Waals surface area contributed by atoms with Gasteiger partial charge in [0.05, 0.1) is 16.5 Å². The third-order valence-electron chi connectivity index (χ3n) is 4.36. The van der Waals surface area contributed by atoms with Gasteiger partial charge in [0, 0.05) is 11.7 Å². The molecule has 0 aliphatic rings. The maximum atomic E-state index is 13.1. The molecule has 3 aromatic rings. The van der Waals surface area contributed by atoms with Gasteiger partial charge in [-0.25, -0.2) is 9.97 Å². The molecule has 0 bridgehead atoms. The van der Waals surface area contributed by atoms with Gasteiger partial charge in [0.15, 0.2) is 0 Å². The van der Waals surface area contributed by atoms with E-state index in [2.05, 4.69) is 15.3 Å². The van der Waals surface area contributed by atoms with Crippen LogP contribution in [0.25, 0.3) is 10.8 Å². The summed E-state index contributed by atoms with van der Waals surface area (Å²) in [6.07, 6.45) is 1.29. The summed E-state index contributed by atoms with van der Waals surface area (Å²) in [6.45, 7) is 5.76. The number of pyridine rings is 1. The monoisotopic (exact) mass is 382 g/mol. The Kier molecular flexibility index (Phi) is 5.02.